The predicted octanol–water partition coefficient (Wildman–Crippen LogP) is -2.01. The molecule has 3 amide bonds. The summed E-state index contributed by atoms with van der Waals surface area (Å²) in [6.07, 6.45) is -1.27. The van der Waals surface area contributed by atoms with Crippen molar-refractivity contribution in [2.45, 2.75) is 89.2 Å². The molecule has 0 aromatic heterocycles. The molecule has 5 unspecified atom stereocenters. The molecule has 0 spiro atoms. The Balaban J connectivity index is 1.43. The number of carbonyl (C=O) groups excluding carboxylic acids is 4. The smallest absolute Gasteiger partial charge is 0.246 e. The maximum Gasteiger partial charge on any atom is 0.246 e. The number of aliphatic hydroxyl groups excluding tert-OH is 2. The van der Waals surface area contributed by atoms with Crippen LogP contribution in [0.15, 0.2) is 0 Å². The van der Waals surface area contributed by atoms with Gasteiger partial charge in [0.05, 0.1) is 50.7 Å². The highest BCUT2D eigenvalue weighted by Gasteiger charge is 2.42. The Labute approximate surface area is 253 Å². The van der Waals surface area contributed by atoms with Crippen molar-refractivity contribution in [2.75, 3.05) is 59.8 Å². The molecule has 15 nitrogen and oxygen atoms in total. The Kier molecular flexibility index (Phi) is 17.1. The number of Topliss-reactive ketones (excluding diaryl/α,β-unsaturated/α-hetero) is 1. The lowest BCUT2D eigenvalue weighted by Crippen LogP contribution is -2.55. The van der Waals surface area contributed by atoms with Gasteiger partial charge in [0.1, 0.15) is 18.8 Å². The first kappa shape index (κ1) is 36.9. The summed E-state index contributed by atoms with van der Waals surface area (Å²) in [7, 11) is 1.37. The lowest BCUT2D eigenvalue weighted by molar-refractivity contribution is -0.282. The normalized spacial score (nSPS) is 26.8. The highest BCUT2D eigenvalue weighted by atomic mass is 16.7. The molecule has 0 aliphatic carbocycles. The summed E-state index contributed by atoms with van der Waals surface area (Å²) in [6, 6.07) is -1.68. The summed E-state index contributed by atoms with van der Waals surface area (Å²) in [5.41, 5.74) is 0. The second kappa shape index (κ2) is 19.9. The molecule has 2 fully saturated rings. The number of ether oxygens (including phenoxy) is 5. The van der Waals surface area contributed by atoms with Crippen molar-refractivity contribution in [3.05, 3.63) is 0 Å². The van der Waals surface area contributed by atoms with Gasteiger partial charge in [0, 0.05) is 32.6 Å². The van der Waals surface area contributed by atoms with Crippen LogP contribution in [-0.2, 0) is 42.9 Å². The number of hydrogen-bond donors (Lipinski definition) is 6. The molecule has 2 rings (SSSR count). The monoisotopic (exact) mass is 618 g/mol. The van der Waals surface area contributed by atoms with Gasteiger partial charge in [-0.1, -0.05) is 6.92 Å². The van der Waals surface area contributed by atoms with Crippen LogP contribution in [0.5, 0.6) is 0 Å². The van der Waals surface area contributed by atoms with Gasteiger partial charge in [-0.2, -0.15) is 0 Å². The highest BCUT2D eigenvalue weighted by Crippen LogP contribution is 2.26. The van der Waals surface area contributed by atoms with Crippen LogP contribution < -0.4 is 21.3 Å². The van der Waals surface area contributed by atoms with E-state index in [-0.39, 0.29) is 56.4 Å². The van der Waals surface area contributed by atoms with Gasteiger partial charge >= 0.3 is 0 Å². The minimum absolute atomic E-state index is 0.0580. The minimum atomic E-state index is -1.15. The van der Waals surface area contributed by atoms with Gasteiger partial charge in [-0.15, -0.1) is 0 Å². The molecule has 0 aromatic rings. The third kappa shape index (κ3) is 13.1. The Hall–Kier alpha value is -2.24. The van der Waals surface area contributed by atoms with Crippen molar-refractivity contribution in [1.82, 2.24) is 21.3 Å². The van der Waals surface area contributed by atoms with Gasteiger partial charge in [-0.3, -0.25) is 19.2 Å². The SMILES string of the molecule is CO[C@@H]1OC(COCC(=O)NCCOCCOCCCC(=O)C(C)NC(=O)C(C)NC(=O)C2CCCN2)[C@@H](C)[C@H](O)C1O. The number of hydrogen-bond acceptors (Lipinski definition) is 12. The minimum Gasteiger partial charge on any atom is -0.390 e. The molecule has 43 heavy (non-hydrogen) atoms. The molecule has 2 saturated heterocycles. The van der Waals surface area contributed by atoms with Crippen LogP contribution in [0.4, 0.5) is 0 Å². The number of aliphatic hydroxyl groups is 2. The fraction of sp³-hybridized carbons (Fsp3) is 0.857. The molecular formula is C28H50N4O11. The number of methoxy groups -OCH3 is 1. The van der Waals surface area contributed by atoms with Crippen LogP contribution in [0.1, 0.15) is 46.5 Å². The van der Waals surface area contributed by atoms with E-state index in [0.29, 0.717) is 26.2 Å². The molecule has 6 N–H and O–H groups in total. The van der Waals surface area contributed by atoms with Crippen LogP contribution in [0.25, 0.3) is 0 Å². The Bertz CT molecular complexity index is 872. The maximum atomic E-state index is 12.3. The zero-order chi connectivity index (χ0) is 31.8. The molecule has 248 valence electrons. The van der Waals surface area contributed by atoms with Gasteiger partial charge < -0.3 is 55.2 Å². The zero-order valence-electron chi connectivity index (χ0n) is 25.7. The van der Waals surface area contributed by atoms with Crippen LogP contribution in [0.2, 0.25) is 0 Å². The van der Waals surface area contributed by atoms with Gasteiger partial charge in [0.15, 0.2) is 12.1 Å². The first-order valence-corrected chi connectivity index (χ1v) is 15.0. The van der Waals surface area contributed by atoms with E-state index in [1.807, 2.05) is 0 Å². The average Bonchev–Trinajstić information content (AvgIpc) is 3.53. The molecule has 0 bridgehead atoms. The predicted molar refractivity (Wildman–Crippen MR) is 153 cm³/mol. The summed E-state index contributed by atoms with van der Waals surface area (Å²) < 4.78 is 26.9. The summed E-state index contributed by atoms with van der Waals surface area (Å²) in [4.78, 5) is 48.8. The van der Waals surface area contributed by atoms with Crippen LogP contribution in [0.3, 0.4) is 0 Å². The lowest BCUT2D eigenvalue weighted by atomic mass is 9.91. The van der Waals surface area contributed by atoms with E-state index >= 15 is 0 Å². The number of rotatable bonds is 20. The van der Waals surface area contributed by atoms with E-state index in [9.17, 15) is 29.4 Å². The zero-order valence-corrected chi connectivity index (χ0v) is 25.7. The first-order valence-electron chi connectivity index (χ1n) is 15.0. The first-order chi connectivity index (χ1) is 20.5. The van der Waals surface area contributed by atoms with E-state index < -0.39 is 48.5 Å². The quantitative estimate of drug-likeness (QED) is 0.0820. The third-order valence-corrected chi connectivity index (χ3v) is 7.43. The van der Waals surface area contributed by atoms with E-state index in [4.69, 9.17) is 23.7 Å². The summed E-state index contributed by atoms with van der Waals surface area (Å²) in [5.74, 6) is -1.47. The molecule has 0 radical (unpaired) electrons. The highest BCUT2D eigenvalue weighted by molar-refractivity contribution is 5.93. The van der Waals surface area contributed by atoms with Crippen molar-refractivity contribution in [3.63, 3.8) is 0 Å². The fourth-order valence-corrected chi connectivity index (χ4v) is 4.63. The molecular weight excluding hydrogens is 568 g/mol. The fourth-order valence-electron chi connectivity index (χ4n) is 4.63. The lowest BCUT2D eigenvalue weighted by Gasteiger charge is -2.40. The second-order valence-corrected chi connectivity index (χ2v) is 10.9. The Morgan fingerprint density at radius 1 is 0.977 bits per heavy atom. The van der Waals surface area contributed by atoms with Crippen LogP contribution in [0, 0.1) is 5.92 Å². The van der Waals surface area contributed by atoms with Crippen molar-refractivity contribution in [2.24, 2.45) is 5.92 Å². The molecule has 2 heterocycles. The van der Waals surface area contributed by atoms with Crippen LogP contribution >= 0.6 is 0 Å². The number of ketones is 1. The van der Waals surface area contributed by atoms with E-state index in [1.165, 1.54) is 7.11 Å². The second-order valence-electron chi connectivity index (χ2n) is 10.9. The largest absolute Gasteiger partial charge is 0.390 e. The van der Waals surface area contributed by atoms with Crippen molar-refractivity contribution >= 4 is 23.5 Å². The van der Waals surface area contributed by atoms with E-state index in [0.717, 1.165) is 19.4 Å². The summed E-state index contributed by atoms with van der Waals surface area (Å²) >= 11 is 0. The maximum absolute atomic E-state index is 12.3. The molecule has 8 atom stereocenters. The molecule has 15 heteroatoms. The van der Waals surface area contributed by atoms with Crippen LogP contribution in [-0.4, -0.2) is 136 Å². The average molecular weight is 619 g/mol. The van der Waals surface area contributed by atoms with Gasteiger partial charge in [-0.25, -0.2) is 0 Å². The van der Waals surface area contributed by atoms with Crippen molar-refractivity contribution in [1.29, 1.82) is 0 Å². The van der Waals surface area contributed by atoms with Gasteiger partial charge in [0.2, 0.25) is 17.7 Å². The van der Waals surface area contributed by atoms with E-state index in [1.54, 1.807) is 20.8 Å². The molecule has 2 aliphatic heterocycles. The number of amides is 3. The van der Waals surface area contributed by atoms with Gasteiger partial charge in [-0.05, 0) is 39.7 Å². The summed E-state index contributed by atoms with van der Waals surface area (Å²) in [6.45, 7) is 7.14. The topological polar surface area (TPSA) is 203 Å². The molecule has 0 saturated carbocycles. The van der Waals surface area contributed by atoms with Crippen molar-refractivity contribution < 1.29 is 53.1 Å². The number of nitrogens with one attached hydrogen (secondary N) is 4. The third-order valence-electron chi connectivity index (χ3n) is 7.43. The molecule has 2 aliphatic rings. The van der Waals surface area contributed by atoms with E-state index in [2.05, 4.69) is 21.3 Å². The standard InChI is InChI=1S/C28H50N4O11/c1-17-22(43-28(39-4)25(36)24(17)35)15-42-16-23(34)30-10-12-41-14-13-40-11-6-8-21(33)18(2)31-26(37)19(3)32-27(38)20-7-5-9-29-20/h17-20,22,24-25,28-29,35-36H,5-16H2,1-4H3,(H,30,34)(H,31,37)(H,32,38)/t17-,18?,19?,20?,22?,24+,25?,28-/m1/s1. The van der Waals surface area contributed by atoms with Gasteiger partial charge in [0.25, 0.3) is 0 Å². The number of carbonyl (C=O) groups is 4. The Morgan fingerprint density at radius 3 is 2.37 bits per heavy atom. The van der Waals surface area contributed by atoms with Crippen molar-refractivity contribution in [3.8, 4) is 0 Å². The Morgan fingerprint density at radius 2 is 1.70 bits per heavy atom. The summed E-state index contributed by atoms with van der Waals surface area (Å²) in [5, 5.41) is 31.1. The molecule has 0 aromatic carbocycles.